The van der Waals surface area contributed by atoms with Crippen LogP contribution in [-0.4, -0.2) is 38.5 Å². The second-order valence-corrected chi connectivity index (χ2v) is 7.52. The average molecular weight is 409 g/mol. The number of likely N-dealkylation sites (N-methyl/N-ethyl adjacent to an activating group) is 1. The first-order chi connectivity index (χ1) is 12.5. The Balaban J connectivity index is 2.02. The van der Waals surface area contributed by atoms with Crippen LogP contribution in [0.2, 0.25) is 10.0 Å². The van der Waals surface area contributed by atoms with E-state index in [-0.39, 0.29) is 5.91 Å². The monoisotopic (exact) mass is 408 g/mol. The molecular formula is C18H18Cl2N4OS. The standard InChI is InChI=1S/C18H18Cl2N4OS/c1-3-23(4-2)17(25)15(12-8-6-5-7-9-12)26-18-22-21-16-14(20)10-13(19)11-24(16)18/h5-11,15H,3-4H2,1-2H3/t15-/m0/s1. The van der Waals surface area contributed by atoms with Gasteiger partial charge in [0.2, 0.25) is 5.91 Å². The summed E-state index contributed by atoms with van der Waals surface area (Å²) in [6, 6.07) is 11.3. The number of halogens is 2. The minimum absolute atomic E-state index is 0.0380. The number of fused-ring (bicyclic) bond motifs is 1. The van der Waals surface area contributed by atoms with Crippen LogP contribution >= 0.6 is 35.0 Å². The van der Waals surface area contributed by atoms with Crippen LogP contribution < -0.4 is 0 Å². The molecule has 0 aliphatic rings. The summed E-state index contributed by atoms with van der Waals surface area (Å²) in [5.41, 5.74) is 1.43. The second kappa shape index (κ2) is 8.29. The van der Waals surface area contributed by atoms with Gasteiger partial charge in [-0.05, 0) is 25.5 Å². The molecule has 0 unspecified atom stereocenters. The fraction of sp³-hybridized carbons (Fsp3) is 0.278. The van der Waals surface area contributed by atoms with Crippen molar-refractivity contribution in [1.82, 2.24) is 19.5 Å². The molecule has 5 nitrogen and oxygen atoms in total. The van der Waals surface area contributed by atoms with Gasteiger partial charge >= 0.3 is 0 Å². The molecule has 3 rings (SSSR count). The normalized spacial score (nSPS) is 12.3. The quantitative estimate of drug-likeness (QED) is 0.552. The van der Waals surface area contributed by atoms with E-state index in [2.05, 4.69) is 10.2 Å². The molecule has 1 aromatic carbocycles. The van der Waals surface area contributed by atoms with E-state index in [1.165, 1.54) is 11.8 Å². The molecular weight excluding hydrogens is 391 g/mol. The van der Waals surface area contributed by atoms with Gasteiger partial charge < -0.3 is 4.90 Å². The van der Waals surface area contributed by atoms with Crippen molar-refractivity contribution in [2.75, 3.05) is 13.1 Å². The number of pyridine rings is 1. The van der Waals surface area contributed by atoms with Crippen molar-refractivity contribution in [3.63, 3.8) is 0 Å². The molecule has 136 valence electrons. The fourth-order valence-corrected chi connectivity index (χ4v) is 4.28. The average Bonchev–Trinajstić information content (AvgIpc) is 3.04. The summed E-state index contributed by atoms with van der Waals surface area (Å²) in [5.74, 6) is 0.0380. The van der Waals surface area contributed by atoms with Crippen LogP contribution in [-0.2, 0) is 4.79 Å². The maximum Gasteiger partial charge on any atom is 0.240 e. The van der Waals surface area contributed by atoms with E-state index in [9.17, 15) is 4.79 Å². The minimum atomic E-state index is -0.429. The number of aromatic nitrogens is 3. The first-order valence-corrected chi connectivity index (χ1v) is 9.88. The molecule has 0 aliphatic heterocycles. The molecule has 0 saturated heterocycles. The lowest BCUT2D eigenvalue weighted by Gasteiger charge is -2.24. The van der Waals surface area contributed by atoms with Gasteiger partial charge in [0.05, 0.1) is 10.0 Å². The summed E-state index contributed by atoms with van der Waals surface area (Å²) in [5, 5.41) is 9.39. The van der Waals surface area contributed by atoms with E-state index in [0.29, 0.717) is 33.9 Å². The van der Waals surface area contributed by atoms with Gasteiger partial charge in [0.25, 0.3) is 0 Å². The molecule has 3 aromatic rings. The summed E-state index contributed by atoms with van der Waals surface area (Å²) in [4.78, 5) is 14.9. The lowest BCUT2D eigenvalue weighted by Crippen LogP contribution is -2.33. The Kier molecular flexibility index (Phi) is 6.06. The van der Waals surface area contributed by atoms with Gasteiger partial charge in [-0.25, -0.2) is 0 Å². The van der Waals surface area contributed by atoms with Gasteiger partial charge in [0.1, 0.15) is 5.25 Å². The Hall–Kier alpha value is -1.76. The topological polar surface area (TPSA) is 50.5 Å². The van der Waals surface area contributed by atoms with Crippen molar-refractivity contribution < 1.29 is 4.79 Å². The van der Waals surface area contributed by atoms with Crippen molar-refractivity contribution in [1.29, 1.82) is 0 Å². The molecule has 0 radical (unpaired) electrons. The number of hydrogen-bond donors (Lipinski definition) is 0. The number of nitrogens with zero attached hydrogens (tertiary/aromatic N) is 4. The Morgan fingerprint density at radius 3 is 2.54 bits per heavy atom. The summed E-state index contributed by atoms with van der Waals surface area (Å²) in [6.07, 6.45) is 1.70. The van der Waals surface area contributed by atoms with E-state index in [1.807, 2.05) is 49.1 Å². The summed E-state index contributed by atoms with van der Waals surface area (Å²) < 4.78 is 1.72. The van der Waals surface area contributed by atoms with E-state index >= 15 is 0 Å². The van der Waals surface area contributed by atoms with Crippen LogP contribution in [0.15, 0.2) is 47.8 Å². The highest BCUT2D eigenvalue weighted by atomic mass is 35.5. The van der Waals surface area contributed by atoms with Crippen molar-refractivity contribution in [3.8, 4) is 0 Å². The minimum Gasteiger partial charge on any atom is -0.342 e. The van der Waals surface area contributed by atoms with Crippen LogP contribution in [0.3, 0.4) is 0 Å². The Bertz CT molecular complexity index is 912. The summed E-state index contributed by atoms with van der Waals surface area (Å²) in [7, 11) is 0. The van der Waals surface area contributed by atoms with Crippen molar-refractivity contribution in [2.45, 2.75) is 24.3 Å². The Morgan fingerprint density at radius 1 is 1.19 bits per heavy atom. The number of hydrogen-bond acceptors (Lipinski definition) is 4. The predicted molar refractivity (Wildman–Crippen MR) is 106 cm³/mol. The Morgan fingerprint density at radius 2 is 1.88 bits per heavy atom. The highest BCUT2D eigenvalue weighted by Gasteiger charge is 2.27. The van der Waals surface area contributed by atoms with Gasteiger partial charge in [-0.2, -0.15) is 0 Å². The van der Waals surface area contributed by atoms with Crippen molar-refractivity contribution >= 4 is 46.5 Å². The number of rotatable bonds is 6. The molecule has 0 spiro atoms. The van der Waals surface area contributed by atoms with E-state index in [0.717, 1.165) is 5.56 Å². The molecule has 1 atom stereocenters. The van der Waals surface area contributed by atoms with E-state index in [1.54, 1.807) is 16.7 Å². The van der Waals surface area contributed by atoms with Crippen molar-refractivity contribution in [2.24, 2.45) is 0 Å². The lowest BCUT2D eigenvalue weighted by molar-refractivity contribution is -0.130. The molecule has 0 saturated carbocycles. The van der Waals surface area contributed by atoms with E-state index in [4.69, 9.17) is 23.2 Å². The number of carbonyl (C=O) groups is 1. The van der Waals surface area contributed by atoms with Crippen LogP contribution in [0.4, 0.5) is 0 Å². The number of amides is 1. The van der Waals surface area contributed by atoms with Gasteiger partial charge in [0, 0.05) is 19.3 Å². The summed E-state index contributed by atoms with van der Waals surface area (Å²) >= 11 is 13.7. The van der Waals surface area contributed by atoms with E-state index < -0.39 is 5.25 Å². The van der Waals surface area contributed by atoms with Gasteiger partial charge in [-0.3, -0.25) is 9.20 Å². The zero-order chi connectivity index (χ0) is 18.7. The highest BCUT2D eigenvalue weighted by Crippen LogP contribution is 2.37. The highest BCUT2D eigenvalue weighted by molar-refractivity contribution is 8.00. The number of carbonyl (C=O) groups excluding carboxylic acids is 1. The predicted octanol–water partition coefficient (Wildman–Crippen LogP) is 4.74. The molecule has 8 heteroatoms. The first kappa shape index (κ1) is 19.0. The van der Waals surface area contributed by atoms with Gasteiger partial charge in [0.15, 0.2) is 10.8 Å². The molecule has 0 fully saturated rings. The SMILES string of the molecule is CCN(CC)C(=O)[C@@H](Sc1nnc2c(Cl)cc(Cl)cn12)c1ccccc1. The maximum absolute atomic E-state index is 13.1. The van der Waals surface area contributed by atoms with Crippen LogP contribution in [0, 0.1) is 0 Å². The molecule has 1 amide bonds. The first-order valence-electron chi connectivity index (χ1n) is 8.25. The second-order valence-electron chi connectivity index (χ2n) is 5.60. The third kappa shape index (κ3) is 3.82. The van der Waals surface area contributed by atoms with Crippen LogP contribution in [0.1, 0.15) is 24.7 Å². The smallest absolute Gasteiger partial charge is 0.240 e. The number of thioether (sulfide) groups is 1. The van der Waals surface area contributed by atoms with Crippen molar-refractivity contribution in [3.05, 3.63) is 58.2 Å². The molecule has 26 heavy (non-hydrogen) atoms. The third-order valence-electron chi connectivity index (χ3n) is 4.02. The largest absolute Gasteiger partial charge is 0.342 e. The number of benzene rings is 1. The third-order valence-corrected chi connectivity index (χ3v) is 5.70. The molecule has 0 aliphatic carbocycles. The maximum atomic E-state index is 13.1. The lowest BCUT2D eigenvalue weighted by atomic mass is 10.1. The molecule has 0 N–H and O–H groups in total. The fourth-order valence-electron chi connectivity index (χ4n) is 2.68. The zero-order valence-corrected chi connectivity index (χ0v) is 16.7. The molecule has 2 heterocycles. The van der Waals surface area contributed by atoms with Gasteiger partial charge in [-0.15, -0.1) is 10.2 Å². The zero-order valence-electron chi connectivity index (χ0n) is 14.4. The summed E-state index contributed by atoms with van der Waals surface area (Å²) in [6.45, 7) is 5.25. The Labute approximate surface area is 166 Å². The van der Waals surface area contributed by atoms with Gasteiger partial charge in [-0.1, -0.05) is 65.3 Å². The molecule has 0 bridgehead atoms. The van der Waals surface area contributed by atoms with Crippen LogP contribution in [0.25, 0.3) is 5.65 Å². The van der Waals surface area contributed by atoms with Crippen LogP contribution in [0.5, 0.6) is 0 Å². The molecule has 2 aromatic heterocycles.